The van der Waals surface area contributed by atoms with Crippen LogP contribution in [0.5, 0.6) is 0 Å². The molecule has 5 nitrogen and oxygen atoms in total. The van der Waals surface area contributed by atoms with Gasteiger partial charge in [-0.15, -0.1) is 0 Å². The number of phosphoric acid groups is 1. The standard InChI is InChI=1S/C2H6N.Na.H3O4P/c1-2-3;;1-5(2,3)4/h2H,3H2,1H3;;(H3,1,2,3,4)/q-1;+1;. The second-order valence-corrected chi connectivity index (χ2v) is 1.87. The van der Waals surface area contributed by atoms with Crippen molar-refractivity contribution in [1.29, 1.82) is 0 Å². The van der Waals surface area contributed by atoms with Gasteiger partial charge in [0, 0.05) is 0 Å². The maximum absolute atomic E-state index is 8.88. The molecule has 0 unspecified atom stereocenters. The molecule has 0 fully saturated rings. The summed E-state index contributed by atoms with van der Waals surface area (Å²) in [6, 6.07) is 0. The van der Waals surface area contributed by atoms with E-state index in [1.807, 2.05) is 0 Å². The van der Waals surface area contributed by atoms with Crippen LogP contribution in [0.2, 0.25) is 0 Å². The van der Waals surface area contributed by atoms with E-state index in [1.54, 1.807) is 6.92 Å². The molecule has 0 aliphatic heterocycles. The molecule has 0 aromatic rings. The van der Waals surface area contributed by atoms with Crippen LogP contribution in [0.4, 0.5) is 0 Å². The van der Waals surface area contributed by atoms with Crippen molar-refractivity contribution in [2.45, 2.75) is 6.92 Å². The van der Waals surface area contributed by atoms with Crippen LogP contribution in [0.1, 0.15) is 6.92 Å². The van der Waals surface area contributed by atoms with Gasteiger partial charge in [0.05, 0.1) is 0 Å². The van der Waals surface area contributed by atoms with Crippen molar-refractivity contribution in [2.75, 3.05) is 0 Å². The molecule has 0 aromatic heterocycles. The van der Waals surface area contributed by atoms with Crippen molar-refractivity contribution >= 4 is 7.82 Å². The first kappa shape index (κ1) is 16.6. The maximum atomic E-state index is 8.88. The minimum Gasteiger partial charge on any atom is -0.484 e. The normalized spacial score (nSPS) is 8.56. The van der Waals surface area contributed by atoms with Gasteiger partial charge < -0.3 is 20.4 Å². The van der Waals surface area contributed by atoms with Crippen molar-refractivity contribution in [3.8, 4) is 0 Å². The van der Waals surface area contributed by atoms with E-state index in [-0.39, 0.29) is 29.6 Å². The van der Waals surface area contributed by atoms with Crippen LogP contribution in [0.15, 0.2) is 0 Å². The van der Waals surface area contributed by atoms with Gasteiger partial charge >= 0.3 is 37.4 Å². The van der Waals surface area contributed by atoms with E-state index in [0.717, 1.165) is 0 Å². The molecule has 0 aromatic carbocycles. The summed E-state index contributed by atoms with van der Waals surface area (Å²) >= 11 is 0. The molecule has 0 atom stereocenters. The van der Waals surface area contributed by atoms with Crippen LogP contribution in [-0.4, -0.2) is 14.7 Å². The van der Waals surface area contributed by atoms with Crippen LogP contribution in [0, 0.1) is 6.54 Å². The van der Waals surface area contributed by atoms with Crippen LogP contribution in [0.25, 0.3) is 0 Å². The monoisotopic (exact) mass is 165 g/mol. The Labute approximate surface area is 75.8 Å². The summed E-state index contributed by atoms with van der Waals surface area (Å²) in [6.45, 7) is 3.28. The number of rotatable bonds is 0. The van der Waals surface area contributed by atoms with E-state index in [1.165, 1.54) is 6.54 Å². The third kappa shape index (κ3) is 396. The average molecular weight is 165 g/mol. The van der Waals surface area contributed by atoms with Gasteiger partial charge in [0.1, 0.15) is 0 Å². The molecule has 0 aliphatic carbocycles. The zero-order valence-electron chi connectivity index (χ0n) is 5.35. The zero-order chi connectivity index (χ0) is 7.21. The Hall–Kier alpha value is 1.07. The second-order valence-electron chi connectivity index (χ2n) is 0.847. The maximum Gasteiger partial charge on any atom is 1.00 e. The van der Waals surface area contributed by atoms with E-state index in [2.05, 4.69) is 0 Å². The first-order valence-corrected chi connectivity index (χ1v) is 3.26. The summed E-state index contributed by atoms with van der Waals surface area (Å²) in [7, 11) is -4.64. The van der Waals surface area contributed by atoms with Crippen molar-refractivity contribution in [2.24, 2.45) is 5.73 Å². The smallest absolute Gasteiger partial charge is 0.484 e. The Bertz CT molecular complexity index is 74.4. The van der Waals surface area contributed by atoms with E-state index in [9.17, 15) is 0 Å². The summed E-state index contributed by atoms with van der Waals surface area (Å²) in [5.41, 5.74) is 4.72. The Kier molecular flexibility index (Phi) is 16.7. The van der Waals surface area contributed by atoms with E-state index in [4.69, 9.17) is 25.0 Å². The summed E-state index contributed by atoms with van der Waals surface area (Å²) in [6.07, 6.45) is 0. The topological polar surface area (TPSA) is 104 Å². The summed E-state index contributed by atoms with van der Waals surface area (Å²) in [4.78, 5) is 21.6. The molecule has 5 N–H and O–H groups in total. The number of hydrogen-bond donors (Lipinski definition) is 4. The first-order valence-electron chi connectivity index (χ1n) is 1.69. The first-order chi connectivity index (χ1) is 3.41. The molecule has 0 saturated heterocycles. The molecule has 0 heterocycles. The van der Waals surface area contributed by atoms with Crippen molar-refractivity contribution in [3.63, 3.8) is 0 Å². The van der Waals surface area contributed by atoms with Crippen LogP contribution in [-0.2, 0) is 4.57 Å². The third-order valence-corrected chi connectivity index (χ3v) is 0. The van der Waals surface area contributed by atoms with E-state index < -0.39 is 7.82 Å². The van der Waals surface area contributed by atoms with E-state index >= 15 is 0 Å². The zero-order valence-corrected chi connectivity index (χ0v) is 8.25. The molecule has 0 amide bonds. The van der Waals surface area contributed by atoms with Gasteiger partial charge in [0.15, 0.2) is 0 Å². The predicted octanol–water partition coefficient (Wildman–Crippen LogP) is -3.80. The van der Waals surface area contributed by atoms with Gasteiger partial charge in [-0.05, 0) is 0 Å². The van der Waals surface area contributed by atoms with Gasteiger partial charge in [-0.3, -0.25) is 6.54 Å². The molecular formula is C2H9NNaO4P. The van der Waals surface area contributed by atoms with E-state index in [0.29, 0.717) is 0 Å². The summed E-state index contributed by atoms with van der Waals surface area (Å²) in [5, 5.41) is 0. The predicted molar refractivity (Wildman–Crippen MR) is 28.4 cm³/mol. The largest absolute Gasteiger partial charge is 1.00 e. The van der Waals surface area contributed by atoms with Crippen molar-refractivity contribution < 1.29 is 48.8 Å². The SMILES string of the molecule is C[CH-]N.O=P(O)(O)O.[Na+]. The Morgan fingerprint density at radius 1 is 1.44 bits per heavy atom. The fourth-order valence-corrected chi connectivity index (χ4v) is 0. The Morgan fingerprint density at radius 2 is 1.44 bits per heavy atom. The molecule has 0 aliphatic rings. The van der Waals surface area contributed by atoms with Gasteiger partial charge in [0.25, 0.3) is 0 Å². The minimum atomic E-state index is -4.64. The second kappa shape index (κ2) is 9.07. The average Bonchev–Trinajstić information content (AvgIpc) is 1.27. The summed E-state index contributed by atoms with van der Waals surface area (Å²) < 4.78 is 8.88. The van der Waals surface area contributed by atoms with Gasteiger partial charge in [-0.25, -0.2) is 4.57 Å². The molecule has 0 saturated carbocycles. The van der Waals surface area contributed by atoms with Gasteiger partial charge in [0.2, 0.25) is 0 Å². The molecule has 0 bridgehead atoms. The molecular weight excluding hydrogens is 156 g/mol. The molecule has 0 rings (SSSR count). The van der Waals surface area contributed by atoms with Crippen LogP contribution in [0.3, 0.4) is 0 Å². The fraction of sp³-hybridized carbons (Fsp3) is 0.500. The summed E-state index contributed by atoms with van der Waals surface area (Å²) in [5.74, 6) is 0. The molecule has 0 radical (unpaired) electrons. The van der Waals surface area contributed by atoms with Gasteiger partial charge in [-0.1, -0.05) is 0 Å². The van der Waals surface area contributed by atoms with Gasteiger partial charge in [-0.2, -0.15) is 6.92 Å². The minimum absolute atomic E-state index is 0. The van der Waals surface area contributed by atoms with Crippen molar-refractivity contribution in [1.82, 2.24) is 0 Å². The van der Waals surface area contributed by atoms with Crippen LogP contribution < -0.4 is 35.3 Å². The fourth-order valence-electron chi connectivity index (χ4n) is 0. The molecule has 52 valence electrons. The number of hydrogen-bond acceptors (Lipinski definition) is 2. The third-order valence-electron chi connectivity index (χ3n) is 0. The van der Waals surface area contributed by atoms with Crippen LogP contribution >= 0.6 is 7.82 Å². The Balaban J connectivity index is -0.0000000800. The molecule has 7 heteroatoms. The van der Waals surface area contributed by atoms with Crippen molar-refractivity contribution in [3.05, 3.63) is 6.54 Å². The Morgan fingerprint density at radius 3 is 1.44 bits per heavy atom. The number of nitrogens with two attached hydrogens (primary N) is 1. The quantitative estimate of drug-likeness (QED) is 0.167. The molecule has 0 spiro atoms. The molecule has 9 heavy (non-hydrogen) atoms.